The average Bonchev–Trinajstić information content (AvgIpc) is 3.49. The summed E-state index contributed by atoms with van der Waals surface area (Å²) in [6, 6.07) is 8.70. The molecule has 0 spiro atoms. The molecule has 2 amide bonds. The molecule has 1 N–H and O–H groups in total. The van der Waals surface area contributed by atoms with Crippen LogP contribution in [0.5, 0.6) is 0 Å². The van der Waals surface area contributed by atoms with Crippen LogP contribution in [0.15, 0.2) is 30.3 Å². The van der Waals surface area contributed by atoms with Crippen LogP contribution in [0.2, 0.25) is 0 Å². The Balaban J connectivity index is 0.00000153. The SMILES string of the molecule is O=C(N[C@@H](CC1CCCCC1)C(=O)N1CC[C@H]2OCC(=O)[C@H]21)c1cc2ccccc2s1.S.S. The Morgan fingerprint density at radius 2 is 1.88 bits per heavy atom. The Kier molecular flexibility index (Phi) is 8.89. The minimum Gasteiger partial charge on any atom is -0.368 e. The number of hydrogen-bond acceptors (Lipinski definition) is 5. The maximum atomic E-state index is 13.6. The molecule has 0 unspecified atom stereocenters. The standard InChI is InChI=1S/C24H28N2O4S.2H2S/c27-18-14-30-19-10-11-26(22(18)19)24(29)17(12-15-6-2-1-3-7-15)25-23(28)21-13-16-8-4-5-9-20(16)31-21;;/h4-5,8-9,13,15,17,19,22H,1-3,6-7,10-12,14H2,(H,25,28);2*1H2/t17-,19+,22+;;/m0../s1. The fourth-order valence-electron chi connectivity index (χ4n) is 5.34. The fourth-order valence-corrected chi connectivity index (χ4v) is 6.31. The van der Waals surface area contributed by atoms with Gasteiger partial charge in [0, 0.05) is 11.2 Å². The van der Waals surface area contributed by atoms with E-state index in [1.54, 1.807) is 4.90 Å². The number of hydrogen-bond donors (Lipinski definition) is 1. The van der Waals surface area contributed by atoms with Gasteiger partial charge in [0.15, 0.2) is 5.78 Å². The summed E-state index contributed by atoms with van der Waals surface area (Å²) in [5.41, 5.74) is 0. The van der Waals surface area contributed by atoms with E-state index < -0.39 is 12.1 Å². The monoisotopic (exact) mass is 508 g/mol. The quantitative estimate of drug-likeness (QED) is 0.667. The molecule has 6 nitrogen and oxygen atoms in total. The Bertz CT molecular complexity index is 972. The molecular formula is C24H32N2O4S3. The van der Waals surface area contributed by atoms with Crippen molar-refractivity contribution in [1.82, 2.24) is 10.2 Å². The number of carbonyl (C=O) groups excluding carboxylic acids is 3. The lowest BCUT2D eigenvalue weighted by molar-refractivity contribution is -0.138. The van der Waals surface area contributed by atoms with E-state index in [1.807, 2.05) is 30.3 Å². The summed E-state index contributed by atoms with van der Waals surface area (Å²) >= 11 is 1.44. The third kappa shape index (κ3) is 5.42. The zero-order valence-electron chi connectivity index (χ0n) is 18.5. The van der Waals surface area contributed by atoms with Crippen molar-refractivity contribution in [3.05, 3.63) is 35.2 Å². The Hall–Kier alpha value is -1.55. The lowest BCUT2D eigenvalue weighted by atomic mass is 9.84. The summed E-state index contributed by atoms with van der Waals surface area (Å²) in [6.45, 7) is 0.598. The maximum absolute atomic E-state index is 13.6. The summed E-state index contributed by atoms with van der Waals surface area (Å²) in [5, 5.41) is 4.07. The molecule has 33 heavy (non-hydrogen) atoms. The van der Waals surface area contributed by atoms with Gasteiger partial charge in [0.05, 0.1) is 11.0 Å². The minimum absolute atomic E-state index is 0. The first-order valence-corrected chi connectivity index (χ1v) is 12.2. The predicted octanol–water partition coefficient (Wildman–Crippen LogP) is 3.76. The molecule has 3 heterocycles. The number of amides is 2. The first kappa shape index (κ1) is 26.1. The number of Topliss-reactive ketones (excluding diaryl/α,β-unsaturated/α-hetero) is 1. The van der Waals surface area contributed by atoms with Crippen LogP contribution in [-0.2, 0) is 14.3 Å². The van der Waals surface area contributed by atoms with Crippen LogP contribution in [0.4, 0.5) is 0 Å². The zero-order chi connectivity index (χ0) is 21.4. The van der Waals surface area contributed by atoms with E-state index in [4.69, 9.17) is 4.74 Å². The van der Waals surface area contributed by atoms with Gasteiger partial charge in [0.25, 0.3) is 5.91 Å². The van der Waals surface area contributed by atoms with Crippen LogP contribution < -0.4 is 5.32 Å². The highest BCUT2D eigenvalue weighted by Crippen LogP contribution is 2.32. The lowest BCUT2D eigenvalue weighted by Gasteiger charge is -2.31. The van der Waals surface area contributed by atoms with Crippen LogP contribution in [0.3, 0.4) is 0 Å². The topological polar surface area (TPSA) is 75.7 Å². The second-order valence-electron chi connectivity index (χ2n) is 9.00. The number of thiophene rings is 1. The smallest absolute Gasteiger partial charge is 0.262 e. The first-order chi connectivity index (χ1) is 15.1. The molecule has 1 aromatic heterocycles. The van der Waals surface area contributed by atoms with Crippen LogP contribution in [-0.4, -0.2) is 53.8 Å². The summed E-state index contributed by atoms with van der Waals surface area (Å²) in [7, 11) is 0. The molecule has 9 heteroatoms. The summed E-state index contributed by atoms with van der Waals surface area (Å²) in [5.74, 6) is 0.0638. The van der Waals surface area contributed by atoms with Gasteiger partial charge in [-0.3, -0.25) is 14.4 Å². The molecule has 5 rings (SSSR count). The number of nitrogens with zero attached hydrogens (tertiary/aromatic N) is 1. The molecule has 2 saturated heterocycles. The Labute approximate surface area is 212 Å². The van der Waals surface area contributed by atoms with Gasteiger partial charge in [-0.1, -0.05) is 50.3 Å². The molecular weight excluding hydrogens is 476 g/mol. The van der Waals surface area contributed by atoms with Gasteiger partial charge in [-0.2, -0.15) is 27.0 Å². The number of fused-ring (bicyclic) bond motifs is 2. The normalized spacial score (nSPS) is 23.5. The van der Waals surface area contributed by atoms with Gasteiger partial charge < -0.3 is 15.0 Å². The molecule has 3 aliphatic rings. The maximum Gasteiger partial charge on any atom is 0.262 e. The van der Waals surface area contributed by atoms with Gasteiger partial charge in [0.2, 0.25) is 5.91 Å². The van der Waals surface area contributed by atoms with Gasteiger partial charge >= 0.3 is 0 Å². The van der Waals surface area contributed by atoms with Crippen LogP contribution in [0, 0.1) is 5.92 Å². The molecule has 180 valence electrons. The first-order valence-electron chi connectivity index (χ1n) is 11.3. The van der Waals surface area contributed by atoms with Gasteiger partial charge in [-0.05, 0) is 36.3 Å². The highest BCUT2D eigenvalue weighted by molar-refractivity contribution is 7.59. The summed E-state index contributed by atoms with van der Waals surface area (Å²) in [6.07, 6.45) is 6.91. The third-order valence-corrected chi connectivity index (χ3v) is 8.06. The minimum atomic E-state index is -0.604. The lowest BCUT2D eigenvalue weighted by Crippen LogP contribution is -2.52. The Morgan fingerprint density at radius 1 is 1.12 bits per heavy atom. The van der Waals surface area contributed by atoms with Crippen molar-refractivity contribution in [3.63, 3.8) is 0 Å². The van der Waals surface area contributed by atoms with E-state index >= 15 is 0 Å². The fraction of sp³-hybridized carbons (Fsp3) is 0.542. The van der Waals surface area contributed by atoms with Crippen molar-refractivity contribution in [2.75, 3.05) is 13.2 Å². The van der Waals surface area contributed by atoms with Crippen LogP contribution in [0.25, 0.3) is 10.1 Å². The van der Waals surface area contributed by atoms with Crippen molar-refractivity contribution in [2.45, 2.75) is 63.1 Å². The molecule has 1 aliphatic carbocycles. The number of nitrogens with one attached hydrogen (secondary N) is 1. The molecule has 1 saturated carbocycles. The van der Waals surface area contributed by atoms with E-state index in [9.17, 15) is 14.4 Å². The third-order valence-electron chi connectivity index (χ3n) is 6.94. The highest BCUT2D eigenvalue weighted by Gasteiger charge is 2.48. The number of benzene rings is 1. The van der Waals surface area contributed by atoms with E-state index in [0.29, 0.717) is 30.2 Å². The predicted molar refractivity (Wildman–Crippen MR) is 140 cm³/mol. The molecule has 3 atom stereocenters. The van der Waals surface area contributed by atoms with E-state index in [2.05, 4.69) is 5.32 Å². The zero-order valence-corrected chi connectivity index (χ0v) is 21.4. The van der Waals surface area contributed by atoms with Gasteiger partial charge in [-0.25, -0.2) is 0 Å². The van der Waals surface area contributed by atoms with E-state index in [-0.39, 0.29) is 57.3 Å². The van der Waals surface area contributed by atoms with Crippen molar-refractivity contribution < 1.29 is 19.1 Å². The largest absolute Gasteiger partial charge is 0.368 e. The second-order valence-corrected chi connectivity index (χ2v) is 10.1. The number of rotatable bonds is 5. The second kappa shape index (κ2) is 11.3. The number of ether oxygens (including phenoxy) is 1. The van der Waals surface area contributed by atoms with Crippen molar-refractivity contribution in [2.24, 2.45) is 5.92 Å². The number of likely N-dealkylation sites (tertiary alicyclic amines) is 1. The van der Waals surface area contributed by atoms with E-state index in [1.165, 1.54) is 30.6 Å². The molecule has 0 radical (unpaired) electrons. The molecule has 2 aliphatic heterocycles. The number of ketones is 1. The van der Waals surface area contributed by atoms with Crippen LogP contribution in [0.1, 0.15) is 54.6 Å². The summed E-state index contributed by atoms with van der Waals surface area (Å²) in [4.78, 5) is 41.3. The van der Waals surface area contributed by atoms with Crippen molar-refractivity contribution in [3.8, 4) is 0 Å². The van der Waals surface area contributed by atoms with Crippen LogP contribution >= 0.6 is 38.3 Å². The Morgan fingerprint density at radius 3 is 2.64 bits per heavy atom. The molecule has 1 aromatic carbocycles. The van der Waals surface area contributed by atoms with Crippen molar-refractivity contribution >= 4 is 66.0 Å². The highest BCUT2D eigenvalue weighted by atomic mass is 32.1. The number of carbonyl (C=O) groups is 3. The molecule has 2 aromatic rings. The molecule has 3 fully saturated rings. The van der Waals surface area contributed by atoms with Crippen molar-refractivity contribution in [1.29, 1.82) is 0 Å². The summed E-state index contributed by atoms with van der Waals surface area (Å²) < 4.78 is 6.61. The molecule has 0 bridgehead atoms. The van der Waals surface area contributed by atoms with Gasteiger partial charge in [0.1, 0.15) is 18.7 Å². The average molecular weight is 509 g/mol. The van der Waals surface area contributed by atoms with Gasteiger partial charge in [-0.15, -0.1) is 11.3 Å². The van der Waals surface area contributed by atoms with E-state index in [0.717, 1.165) is 22.9 Å².